The number of urea groups is 1. The van der Waals surface area contributed by atoms with Gasteiger partial charge < -0.3 is 9.84 Å². The summed E-state index contributed by atoms with van der Waals surface area (Å²) in [6.45, 7) is 7.90. The molecule has 0 aliphatic carbocycles. The molecule has 2 aromatic rings. The molecule has 1 unspecified atom stereocenters. The van der Waals surface area contributed by atoms with Crippen LogP contribution in [0.5, 0.6) is 0 Å². The van der Waals surface area contributed by atoms with Gasteiger partial charge >= 0.3 is 6.03 Å². The van der Waals surface area contributed by atoms with Crippen LogP contribution in [0.2, 0.25) is 0 Å². The fraction of sp³-hybridized carbons (Fsp3) is 0.524. The maximum Gasteiger partial charge on any atom is 0.321 e. The lowest BCUT2D eigenvalue weighted by Gasteiger charge is -2.36. The van der Waals surface area contributed by atoms with Gasteiger partial charge in [0.25, 0.3) is 0 Å². The topological polar surface area (TPSA) is 104 Å². The number of benzene rings is 1. The standard InChI is InChI=1S/C21H30N6O3/c1-3-4-10-22-21(29)23-18(28)15-26-11-13-27(14-12-26)16(2)20-24-19(25-30-20)17-8-6-5-7-9-17/h5-9,16H,3-4,10-15H2,1-2H3,(H2,22,23,28,29). The van der Waals surface area contributed by atoms with Gasteiger partial charge in [0.15, 0.2) is 0 Å². The number of aromatic nitrogens is 2. The first-order valence-electron chi connectivity index (χ1n) is 10.5. The smallest absolute Gasteiger partial charge is 0.321 e. The van der Waals surface area contributed by atoms with Crippen LogP contribution in [0.15, 0.2) is 34.9 Å². The molecule has 1 aromatic heterocycles. The van der Waals surface area contributed by atoms with E-state index < -0.39 is 6.03 Å². The van der Waals surface area contributed by atoms with Crippen molar-refractivity contribution in [3.8, 4) is 11.4 Å². The van der Waals surface area contributed by atoms with Gasteiger partial charge in [-0.25, -0.2) is 4.79 Å². The molecule has 9 nitrogen and oxygen atoms in total. The highest BCUT2D eigenvalue weighted by atomic mass is 16.5. The highest BCUT2D eigenvalue weighted by Crippen LogP contribution is 2.23. The highest BCUT2D eigenvalue weighted by Gasteiger charge is 2.27. The molecule has 1 aliphatic rings. The zero-order chi connectivity index (χ0) is 21.3. The van der Waals surface area contributed by atoms with Crippen molar-refractivity contribution < 1.29 is 14.1 Å². The molecular formula is C21H30N6O3. The van der Waals surface area contributed by atoms with Crippen molar-refractivity contribution in [1.82, 2.24) is 30.6 Å². The van der Waals surface area contributed by atoms with Gasteiger partial charge in [0.05, 0.1) is 12.6 Å². The monoisotopic (exact) mass is 414 g/mol. The van der Waals surface area contributed by atoms with Gasteiger partial charge in [0.1, 0.15) is 0 Å². The fourth-order valence-electron chi connectivity index (χ4n) is 3.37. The average molecular weight is 415 g/mol. The minimum Gasteiger partial charge on any atom is -0.338 e. The van der Waals surface area contributed by atoms with Gasteiger partial charge in [-0.05, 0) is 13.3 Å². The molecule has 3 rings (SSSR count). The SMILES string of the molecule is CCCCNC(=O)NC(=O)CN1CCN(C(C)c2nc(-c3ccccc3)no2)CC1. The Kier molecular flexibility index (Phi) is 7.92. The predicted molar refractivity (Wildman–Crippen MR) is 113 cm³/mol. The lowest BCUT2D eigenvalue weighted by atomic mass is 10.2. The van der Waals surface area contributed by atoms with E-state index in [0.29, 0.717) is 18.3 Å². The van der Waals surface area contributed by atoms with Crippen molar-refractivity contribution in [2.24, 2.45) is 0 Å². The molecular weight excluding hydrogens is 384 g/mol. The zero-order valence-corrected chi connectivity index (χ0v) is 17.6. The number of nitrogens with one attached hydrogen (secondary N) is 2. The summed E-state index contributed by atoms with van der Waals surface area (Å²) in [6, 6.07) is 9.31. The highest BCUT2D eigenvalue weighted by molar-refractivity contribution is 5.95. The summed E-state index contributed by atoms with van der Waals surface area (Å²) in [5.41, 5.74) is 0.925. The molecule has 0 bridgehead atoms. The Morgan fingerprint density at radius 3 is 2.60 bits per heavy atom. The molecule has 3 amide bonds. The third-order valence-electron chi connectivity index (χ3n) is 5.22. The number of unbranched alkanes of at least 4 members (excludes halogenated alkanes) is 1. The normalized spacial score (nSPS) is 16.2. The number of amides is 3. The van der Waals surface area contributed by atoms with E-state index in [-0.39, 0.29) is 18.5 Å². The maximum atomic E-state index is 12.1. The van der Waals surface area contributed by atoms with Crippen LogP contribution in [0, 0.1) is 0 Å². The first-order valence-corrected chi connectivity index (χ1v) is 10.5. The third-order valence-corrected chi connectivity index (χ3v) is 5.22. The second-order valence-corrected chi connectivity index (χ2v) is 7.47. The average Bonchev–Trinajstić information content (AvgIpc) is 3.25. The van der Waals surface area contributed by atoms with Crippen molar-refractivity contribution in [1.29, 1.82) is 0 Å². The molecule has 1 saturated heterocycles. The Hall–Kier alpha value is -2.78. The van der Waals surface area contributed by atoms with Gasteiger partial charge in [-0.3, -0.25) is 19.9 Å². The number of imide groups is 1. The van der Waals surface area contributed by atoms with Crippen LogP contribution in [0.25, 0.3) is 11.4 Å². The molecule has 9 heteroatoms. The van der Waals surface area contributed by atoms with E-state index in [1.165, 1.54) is 0 Å². The molecule has 162 valence electrons. The number of rotatable bonds is 8. The van der Waals surface area contributed by atoms with E-state index in [1.54, 1.807) is 0 Å². The largest absolute Gasteiger partial charge is 0.338 e. The maximum absolute atomic E-state index is 12.1. The van der Waals surface area contributed by atoms with Gasteiger partial charge in [-0.2, -0.15) is 4.98 Å². The molecule has 0 spiro atoms. The summed E-state index contributed by atoms with van der Waals surface area (Å²) in [6.07, 6.45) is 1.89. The van der Waals surface area contributed by atoms with Crippen molar-refractivity contribution in [2.45, 2.75) is 32.7 Å². The Balaban J connectivity index is 1.43. The van der Waals surface area contributed by atoms with Gasteiger partial charge in [0.2, 0.25) is 17.6 Å². The first kappa shape index (κ1) is 21.9. The number of piperazine rings is 1. The fourth-order valence-corrected chi connectivity index (χ4v) is 3.37. The lowest BCUT2D eigenvalue weighted by molar-refractivity contribution is -0.121. The summed E-state index contributed by atoms with van der Waals surface area (Å²) >= 11 is 0. The van der Waals surface area contributed by atoms with Crippen molar-refractivity contribution in [3.05, 3.63) is 36.2 Å². The van der Waals surface area contributed by atoms with Crippen LogP contribution in [0.1, 0.15) is 38.6 Å². The van der Waals surface area contributed by atoms with Crippen LogP contribution in [-0.4, -0.2) is 71.1 Å². The van der Waals surface area contributed by atoms with E-state index in [1.807, 2.05) is 49.1 Å². The molecule has 2 N–H and O–H groups in total. The van der Waals surface area contributed by atoms with Crippen molar-refractivity contribution >= 4 is 11.9 Å². The number of nitrogens with zero attached hydrogens (tertiary/aromatic N) is 4. The first-order chi connectivity index (χ1) is 14.6. The van der Waals surface area contributed by atoms with E-state index >= 15 is 0 Å². The molecule has 0 radical (unpaired) electrons. The van der Waals surface area contributed by atoms with Gasteiger partial charge in [0, 0.05) is 38.3 Å². The molecule has 1 fully saturated rings. The Morgan fingerprint density at radius 2 is 1.90 bits per heavy atom. The second-order valence-electron chi connectivity index (χ2n) is 7.47. The van der Waals surface area contributed by atoms with Crippen LogP contribution in [0.4, 0.5) is 4.79 Å². The Labute approximate surface area is 176 Å². The van der Waals surface area contributed by atoms with Gasteiger partial charge in [-0.15, -0.1) is 0 Å². The number of carbonyl (C=O) groups is 2. The minimum atomic E-state index is -0.425. The third kappa shape index (κ3) is 6.11. The van der Waals surface area contributed by atoms with Gasteiger partial charge in [-0.1, -0.05) is 48.8 Å². The summed E-state index contributed by atoms with van der Waals surface area (Å²) in [5.74, 6) is 0.892. The molecule has 30 heavy (non-hydrogen) atoms. The van der Waals surface area contributed by atoms with Crippen LogP contribution < -0.4 is 10.6 Å². The molecule has 2 heterocycles. The molecule has 1 aliphatic heterocycles. The molecule has 1 atom stereocenters. The summed E-state index contributed by atoms with van der Waals surface area (Å²) in [7, 11) is 0. The predicted octanol–water partition coefficient (Wildman–Crippen LogP) is 2.04. The molecule has 1 aromatic carbocycles. The second kappa shape index (κ2) is 10.8. The molecule has 0 saturated carbocycles. The van der Waals surface area contributed by atoms with Crippen molar-refractivity contribution in [3.63, 3.8) is 0 Å². The van der Waals surface area contributed by atoms with Crippen LogP contribution >= 0.6 is 0 Å². The van der Waals surface area contributed by atoms with Crippen molar-refractivity contribution in [2.75, 3.05) is 39.3 Å². The Morgan fingerprint density at radius 1 is 1.17 bits per heavy atom. The van der Waals surface area contributed by atoms with Crippen LogP contribution in [-0.2, 0) is 4.79 Å². The Bertz CT molecular complexity index is 817. The van der Waals surface area contributed by atoms with E-state index in [9.17, 15) is 9.59 Å². The van der Waals surface area contributed by atoms with E-state index in [2.05, 4.69) is 25.7 Å². The van der Waals surface area contributed by atoms with Crippen LogP contribution in [0.3, 0.4) is 0 Å². The zero-order valence-electron chi connectivity index (χ0n) is 17.6. The lowest BCUT2D eigenvalue weighted by Crippen LogP contribution is -2.51. The number of hydrogen-bond acceptors (Lipinski definition) is 7. The quantitative estimate of drug-likeness (QED) is 0.637. The summed E-state index contributed by atoms with van der Waals surface area (Å²) < 4.78 is 5.48. The van der Waals surface area contributed by atoms with E-state index in [4.69, 9.17) is 4.52 Å². The minimum absolute atomic E-state index is 0.00437. The number of hydrogen-bond donors (Lipinski definition) is 2. The number of carbonyl (C=O) groups excluding carboxylic acids is 2. The van der Waals surface area contributed by atoms with E-state index in [0.717, 1.165) is 44.6 Å². The summed E-state index contributed by atoms with van der Waals surface area (Å²) in [4.78, 5) is 32.6. The summed E-state index contributed by atoms with van der Waals surface area (Å²) in [5, 5.41) is 9.17.